The van der Waals surface area contributed by atoms with E-state index in [4.69, 9.17) is 75.8 Å². The molecular weight excluding hydrogens is 1450 g/mol. The van der Waals surface area contributed by atoms with Crippen molar-refractivity contribution in [2.45, 2.75) is 164 Å². The summed E-state index contributed by atoms with van der Waals surface area (Å²) in [5, 5.41) is 0. The molecule has 4 heterocycles. The molecule has 13 rings (SSSR count). The highest BCUT2D eigenvalue weighted by molar-refractivity contribution is 5.91. The molecule has 3 fully saturated rings. The highest BCUT2D eigenvalue weighted by atomic mass is 16.8. The van der Waals surface area contributed by atoms with Crippen LogP contribution in [-0.4, -0.2) is 147 Å². The Labute approximate surface area is 664 Å². The van der Waals surface area contributed by atoms with Crippen LogP contribution >= 0.6 is 0 Å². The second kappa shape index (κ2) is 42.6. The number of esters is 4. The molecule has 0 amide bonds. The smallest absolute Gasteiger partial charge is 0.338 e. The molecule has 3 aliphatic rings. The number of unbranched alkanes of at least 4 members (excludes halogenated alkanes) is 2. The summed E-state index contributed by atoms with van der Waals surface area (Å²) >= 11 is 0. The van der Waals surface area contributed by atoms with E-state index in [9.17, 15) is 19.2 Å². The van der Waals surface area contributed by atoms with Gasteiger partial charge in [0.25, 0.3) is 0 Å². The van der Waals surface area contributed by atoms with Gasteiger partial charge in [-0.3, -0.25) is 4.79 Å². The maximum atomic E-state index is 15.0. The van der Waals surface area contributed by atoms with Gasteiger partial charge in [-0.2, -0.15) is 0 Å². The maximum Gasteiger partial charge on any atom is 0.338 e. The zero-order valence-electron chi connectivity index (χ0n) is 63.8. The minimum Gasteiger partial charge on any atom is -0.463 e. The van der Waals surface area contributed by atoms with E-state index in [1.165, 1.54) is 7.11 Å². The number of carbonyl (C=O) groups is 4. The number of rotatable bonds is 39. The van der Waals surface area contributed by atoms with Gasteiger partial charge in [0.1, 0.15) is 86.6 Å². The maximum absolute atomic E-state index is 15.0. The zero-order valence-corrected chi connectivity index (χ0v) is 63.8. The molecule has 22 nitrogen and oxygen atoms in total. The lowest BCUT2D eigenvalue weighted by Gasteiger charge is -2.51. The number of hydrogen-bond acceptors (Lipinski definition) is 20. The largest absolute Gasteiger partial charge is 0.463 e. The molecule has 10 aromatic rings. The molecule has 15 atom stereocenters. The van der Waals surface area contributed by atoms with Crippen LogP contribution in [-0.2, 0) is 134 Å². The number of aromatic nitrogens is 2. The number of carbonyl (C=O) groups excluding carboxylic acids is 4. The molecule has 0 saturated carbocycles. The van der Waals surface area contributed by atoms with Crippen LogP contribution in [0, 0.1) is 0 Å². The highest BCUT2D eigenvalue weighted by Crippen LogP contribution is 2.40. The molecule has 9 aromatic carbocycles. The molecule has 0 bridgehead atoms. The Morgan fingerprint density at radius 1 is 0.351 bits per heavy atom. The first-order valence-electron chi connectivity index (χ1n) is 38.7. The summed E-state index contributed by atoms with van der Waals surface area (Å²) in [6, 6.07) is 82.9. The predicted molar refractivity (Wildman–Crippen MR) is 417 cm³/mol. The van der Waals surface area contributed by atoms with E-state index in [0.717, 1.165) is 46.3 Å². The molecule has 3 saturated heterocycles. The van der Waals surface area contributed by atoms with Crippen LogP contribution in [0.4, 0.5) is 0 Å². The lowest BCUT2D eigenvalue weighted by Crippen LogP contribution is -2.68. The minimum atomic E-state index is -1.69. The fraction of sp³-hybridized carbons (Fsp3) is 0.337. The summed E-state index contributed by atoms with van der Waals surface area (Å²) in [6.07, 6.45) is -12.4. The summed E-state index contributed by atoms with van der Waals surface area (Å²) in [7, 11) is 3.30. The van der Waals surface area contributed by atoms with Gasteiger partial charge in [-0.1, -0.05) is 237 Å². The lowest BCUT2D eigenvalue weighted by atomic mass is 9.95. The van der Waals surface area contributed by atoms with Gasteiger partial charge in [-0.15, -0.1) is 0 Å². The van der Waals surface area contributed by atoms with Crippen LogP contribution in [0.2, 0.25) is 0 Å². The second-order valence-corrected chi connectivity index (χ2v) is 28.1. The number of imidazole rings is 1. The molecule has 1 unspecified atom stereocenters. The third-order valence-corrected chi connectivity index (χ3v) is 19.8. The van der Waals surface area contributed by atoms with Gasteiger partial charge < -0.3 is 75.8 Å². The summed E-state index contributed by atoms with van der Waals surface area (Å²) in [5.41, 5.74) is 5.50. The molecule has 0 spiro atoms. The van der Waals surface area contributed by atoms with Gasteiger partial charge in [0, 0.05) is 13.5 Å². The molecule has 0 radical (unpaired) electrons. The number of aryl methyl sites for hydroxylation is 2. The van der Waals surface area contributed by atoms with Crippen molar-refractivity contribution in [3.8, 4) is 0 Å². The van der Waals surface area contributed by atoms with Gasteiger partial charge in [0.15, 0.2) is 31.1 Å². The predicted octanol–water partition coefficient (Wildman–Crippen LogP) is 13.5. The monoisotopic (exact) mass is 1550 g/mol. The van der Waals surface area contributed by atoms with Gasteiger partial charge in [-0.25, -0.2) is 23.5 Å². The van der Waals surface area contributed by atoms with Crippen molar-refractivity contribution in [3.05, 3.63) is 342 Å². The van der Waals surface area contributed by atoms with Crippen molar-refractivity contribution in [2.75, 3.05) is 26.9 Å². The molecule has 0 aliphatic carbocycles. The number of hydrogen-bond donors (Lipinski definition) is 0. The molecule has 1 aromatic heterocycles. The molecular formula is C92H97N2O20+. The molecule has 114 heavy (non-hydrogen) atoms. The summed E-state index contributed by atoms with van der Waals surface area (Å²) < 4.78 is 116. The SMILES string of the molecule is CO[C@H]1O[C@H](COC(=O)c2ccccc2)[C@H](O[C@H]2OC(COC(=O)CCCCC[n+]3ccn(C)c3)[C@@H](O[C@H]3O[C@H](COCc4ccccc4)[C@@H](OCc4ccccc4)[C@H](OCc4ccccc4)[C@H]3OCc3ccccc3)[C@H](OCc3ccccc3)[C@H]2OCc2ccccc2)[C@H](OC(=O)c2ccccc2)[C@H]1OC(=O)c1ccccc1. The number of benzene rings is 9. The van der Waals surface area contributed by atoms with Crippen molar-refractivity contribution in [1.29, 1.82) is 0 Å². The quantitative estimate of drug-likeness (QED) is 0.0151. The van der Waals surface area contributed by atoms with Crippen molar-refractivity contribution in [3.63, 3.8) is 0 Å². The van der Waals surface area contributed by atoms with E-state index in [1.807, 2.05) is 212 Å². The van der Waals surface area contributed by atoms with Gasteiger partial charge in [0.2, 0.25) is 6.33 Å². The minimum absolute atomic E-state index is 0.0312. The second-order valence-electron chi connectivity index (χ2n) is 28.1. The van der Waals surface area contributed by atoms with Crippen molar-refractivity contribution in [1.82, 2.24) is 4.57 Å². The van der Waals surface area contributed by atoms with Crippen molar-refractivity contribution < 1.29 is 99.5 Å². The number of ether oxygens (including phenoxy) is 16. The fourth-order valence-electron chi connectivity index (χ4n) is 13.9. The van der Waals surface area contributed by atoms with E-state index < -0.39 is 129 Å². The molecule has 3 aliphatic heterocycles. The van der Waals surface area contributed by atoms with E-state index in [2.05, 4.69) is 4.57 Å². The Morgan fingerprint density at radius 3 is 1.12 bits per heavy atom. The van der Waals surface area contributed by atoms with Crippen LogP contribution in [0.3, 0.4) is 0 Å². The summed E-state index contributed by atoms with van der Waals surface area (Å²) in [6.45, 7) is 0.0200. The van der Waals surface area contributed by atoms with Gasteiger partial charge in [0.05, 0.1) is 76.5 Å². The third kappa shape index (κ3) is 23.4. The van der Waals surface area contributed by atoms with E-state index >= 15 is 0 Å². The summed E-state index contributed by atoms with van der Waals surface area (Å²) in [5.74, 6) is -2.94. The molecule has 0 N–H and O–H groups in total. The van der Waals surface area contributed by atoms with Gasteiger partial charge >= 0.3 is 23.9 Å². The van der Waals surface area contributed by atoms with Crippen LogP contribution in [0.25, 0.3) is 0 Å². The van der Waals surface area contributed by atoms with Crippen LogP contribution in [0.1, 0.15) is 90.1 Å². The topological polar surface area (TPSA) is 225 Å². The first-order valence-corrected chi connectivity index (χ1v) is 38.7. The standard InChI is InChI=1S/C92H97N2O20/c1-93-53-54-94(64-93)52-32-12-31-51-77(95)101-62-75-79(113-91-84(105-59-69-41-21-7-22-42-69)81(103-57-67-37-17-5-18-38-67)78(102-56-66-35-15-4-16-36-66)74(109-91)61-100-55-65-33-13-3-14-34-65)82(104-58-68-39-19-6-20-40-68)85(106-60-70-43-23-8-24-44-70)92(110-75)114-80-76(63-107-87(96)71-45-25-9-26-46-71)108-90(99-2)86(112-89(98)73-49-29-11-30-50-73)83(80)111-88(97)72-47-27-10-28-48-72/h3-11,13-30,33-50,53-54,64,74-76,78-86,90-92H,12,31-32,51-52,55-63H2,1-2H3/q+1/t74-,75?,76-,78-,79-,80+,81+,82+,83+,84-,85-,86-,90+,91-,92-/m1/s1. The molecule has 594 valence electrons. The van der Waals surface area contributed by atoms with Crippen LogP contribution in [0.5, 0.6) is 0 Å². The lowest BCUT2D eigenvalue weighted by molar-refractivity contribution is -0.696. The Morgan fingerprint density at radius 2 is 0.702 bits per heavy atom. The van der Waals surface area contributed by atoms with E-state index in [1.54, 1.807) is 91.0 Å². The third-order valence-electron chi connectivity index (χ3n) is 19.8. The Bertz CT molecular complexity index is 4490. The zero-order chi connectivity index (χ0) is 78.5. The Kier molecular flexibility index (Phi) is 30.5. The Balaban J connectivity index is 0.944. The summed E-state index contributed by atoms with van der Waals surface area (Å²) in [4.78, 5) is 58.5. The van der Waals surface area contributed by atoms with Crippen LogP contribution in [0.15, 0.2) is 292 Å². The first kappa shape index (κ1) is 81.6. The van der Waals surface area contributed by atoms with Crippen LogP contribution < -0.4 is 4.57 Å². The van der Waals surface area contributed by atoms with E-state index in [0.29, 0.717) is 12.8 Å². The first-order chi connectivity index (χ1) is 56.0. The number of nitrogens with zero attached hydrogens (tertiary/aromatic N) is 2. The van der Waals surface area contributed by atoms with Gasteiger partial charge in [-0.05, 0) is 89.0 Å². The Hall–Kier alpha value is -10.4. The normalized spacial score (nSPS) is 23.4. The average molecular weight is 1550 g/mol. The van der Waals surface area contributed by atoms with Crippen molar-refractivity contribution >= 4 is 23.9 Å². The number of methoxy groups -OCH3 is 1. The van der Waals surface area contributed by atoms with Crippen molar-refractivity contribution in [2.24, 2.45) is 7.05 Å². The highest BCUT2D eigenvalue weighted by Gasteiger charge is 2.59. The fourth-order valence-corrected chi connectivity index (χ4v) is 13.9. The molecule has 22 heteroatoms. The average Bonchev–Trinajstić information content (AvgIpc) is 1.21. The van der Waals surface area contributed by atoms with E-state index in [-0.39, 0.29) is 69.4 Å².